The molecule has 41 heavy (non-hydrogen) atoms. The second kappa shape index (κ2) is 12.5. The van der Waals surface area contributed by atoms with Crippen molar-refractivity contribution in [1.82, 2.24) is 9.80 Å². The molecule has 2 aliphatic rings. The molecule has 0 aromatic heterocycles. The molecule has 0 aliphatic carbocycles. The third-order valence-corrected chi connectivity index (χ3v) is 8.11. The van der Waals surface area contributed by atoms with Crippen LogP contribution in [0.4, 0.5) is 5.69 Å². The van der Waals surface area contributed by atoms with Crippen LogP contribution in [0.1, 0.15) is 22.0 Å². The summed E-state index contributed by atoms with van der Waals surface area (Å²) in [6.07, 6.45) is 0. The average Bonchev–Trinajstić information content (AvgIpc) is 2.98. The Kier molecular flexibility index (Phi) is 8.79. The number of amides is 3. The first-order chi connectivity index (χ1) is 19.7. The highest BCUT2D eigenvalue weighted by atomic mass is 35.5. The minimum atomic E-state index is -0.499. The molecule has 1 fully saturated rings. The Morgan fingerprint density at radius 3 is 2.41 bits per heavy atom. The Morgan fingerprint density at radius 2 is 1.68 bits per heavy atom. The third-order valence-electron chi connectivity index (χ3n) is 7.39. The van der Waals surface area contributed by atoms with Gasteiger partial charge in [0.1, 0.15) is 12.3 Å². The molecule has 3 aromatic carbocycles. The minimum absolute atomic E-state index is 0.191. The van der Waals surface area contributed by atoms with E-state index in [0.717, 1.165) is 29.8 Å². The Bertz CT molecular complexity index is 1480. The number of anilines is 1. The Balaban J connectivity index is 1.44. The number of hydrogen-bond acceptors (Lipinski definition) is 6. The third kappa shape index (κ3) is 6.49. The molecule has 2 heterocycles. The summed E-state index contributed by atoms with van der Waals surface area (Å²) in [7, 11) is 1.74. The predicted molar refractivity (Wildman–Crippen MR) is 157 cm³/mol. The largest absolute Gasteiger partial charge is 0.482 e. The van der Waals surface area contributed by atoms with E-state index < -0.39 is 5.91 Å². The highest BCUT2D eigenvalue weighted by molar-refractivity contribution is 6.42. The number of carbonyl (C=O) groups excluding carboxylic acids is 3. The smallest absolute Gasteiger partial charge is 0.265 e. The van der Waals surface area contributed by atoms with Gasteiger partial charge in [-0.2, -0.15) is 0 Å². The lowest BCUT2D eigenvalue weighted by Gasteiger charge is -2.37. The lowest BCUT2D eigenvalue weighted by molar-refractivity contribution is -0.133. The number of fused-ring (bicyclic) bond motifs is 1. The van der Waals surface area contributed by atoms with Crippen LogP contribution >= 0.6 is 23.2 Å². The molecule has 3 amide bonds. The van der Waals surface area contributed by atoms with Gasteiger partial charge in [0.25, 0.3) is 5.91 Å². The minimum Gasteiger partial charge on any atom is -0.482 e. The maximum absolute atomic E-state index is 13.8. The Hall–Kier alpha value is -3.63. The number of halogens is 2. The van der Waals surface area contributed by atoms with Gasteiger partial charge in [-0.25, -0.2) is 0 Å². The number of benzene rings is 3. The summed E-state index contributed by atoms with van der Waals surface area (Å²) in [6, 6.07) is 17.8. The average molecular weight is 597 g/mol. The van der Waals surface area contributed by atoms with Crippen LogP contribution in [-0.2, 0) is 14.3 Å². The fraction of sp³-hybridized carbons (Fsp3) is 0.300. The normalized spacial score (nSPS) is 16.1. The van der Waals surface area contributed by atoms with Gasteiger partial charge in [0.2, 0.25) is 11.8 Å². The quantitative estimate of drug-likeness (QED) is 0.421. The first-order valence-electron chi connectivity index (χ1n) is 13.2. The van der Waals surface area contributed by atoms with Crippen molar-refractivity contribution in [3.05, 3.63) is 81.8 Å². The van der Waals surface area contributed by atoms with Gasteiger partial charge in [0.05, 0.1) is 35.0 Å². The van der Waals surface area contributed by atoms with Crippen molar-refractivity contribution in [3.63, 3.8) is 0 Å². The summed E-state index contributed by atoms with van der Waals surface area (Å²) >= 11 is 12.4. The van der Waals surface area contributed by atoms with Gasteiger partial charge in [-0.05, 0) is 41.0 Å². The van der Waals surface area contributed by atoms with Crippen LogP contribution in [0.15, 0.2) is 60.7 Å². The second-order valence-electron chi connectivity index (χ2n) is 10.0. The molecule has 214 valence electrons. The maximum atomic E-state index is 13.8. The lowest BCUT2D eigenvalue weighted by atomic mass is 9.97. The number of ether oxygens (including phenoxy) is 2. The topological polar surface area (TPSA) is 105 Å². The van der Waals surface area contributed by atoms with E-state index in [9.17, 15) is 14.4 Å². The van der Waals surface area contributed by atoms with E-state index >= 15 is 0 Å². The molecule has 0 saturated carbocycles. The number of carbonyl (C=O) groups is 3. The molecule has 2 aliphatic heterocycles. The number of morpholine rings is 1. The van der Waals surface area contributed by atoms with Crippen molar-refractivity contribution in [2.45, 2.75) is 6.04 Å². The van der Waals surface area contributed by atoms with Crippen LogP contribution in [0, 0.1) is 0 Å². The SMILES string of the molecule is CN(C(=O)CN1C(=O)COc2cc(Cl)c(Cl)cc21)C(CN1CCOCC1)c1cccc(-c2cccc(C(N)=O)c2)c1. The van der Waals surface area contributed by atoms with Crippen LogP contribution in [0.25, 0.3) is 11.1 Å². The molecule has 11 heteroatoms. The fourth-order valence-corrected chi connectivity index (χ4v) is 5.36. The van der Waals surface area contributed by atoms with Gasteiger partial charge >= 0.3 is 0 Å². The first-order valence-corrected chi connectivity index (χ1v) is 13.9. The number of rotatable bonds is 8. The van der Waals surface area contributed by atoms with Crippen molar-refractivity contribution in [2.24, 2.45) is 5.73 Å². The summed E-state index contributed by atoms with van der Waals surface area (Å²) in [5.41, 5.74) is 8.97. The maximum Gasteiger partial charge on any atom is 0.265 e. The van der Waals surface area contributed by atoms with E-state index in [1.165, 1.54) is 4.90 Å². The van der Waals surface area contributed by atoms with Gasteiger partial charge in [-0.3, -0.25) is 24.2 Å². The number of hydrogen-bond donors (Lipinski definition) is 1. The van der Waals surface area contributed by atoms with E-state index in [2.05, 4.69) is 4.90 Å². The molecule has 0 radical (unpaired) electrons. The van der Waals surface area contributed by atoms with Gasteiger partial charge in [-0.15, -0.1) is 0 Å². The van der Waals surface area contributed by atoms with Gasteiger partial charge in [0.15, 0.2) is 6.61 Å². The van der Waals surface area contributed by atoms with Crippen molar-refractivity contribution < 1.29 is 23.9 Å². The van der Waals surface area contributed by atoms with Gasteiger partial charge in [0, 0.05) is 38.3 Å². The molecule has 3 aromatic rings. The zero-order chi connectivity index (χ0) is 29.1. The van der Waals surface area contributed by atoms with Crippen LogP contribution in [0.2, 0.25) is 10.0 Å². The number of nitrogens with two attached hydrogens (primary N) is 1. The highest BCUT2D eigenvalue weighted by Gasteiger charge is 2.32. The van der Waals surface area contributed by atoms with Crippen LogP contribution < -0.4 is 15.4 Å². The number of likely N-dealkylation sites (N-methyl/N-ethyl adjacent to an activating group) is 1. The number of nitrogens with zero attached hydrogens (tertiary/aromatic N) is 3. The molecule has 1 unspecified atom stereocenters. The molecule has 9 nitrogen and oxygen atoms in total. The van der Waals surface area contributed by atoms with Crippen LogP contribution in [-0.4, -0.2) is 80.6 Å². The standard InChI is InChI=1S/C30H30Cl2N4O5/c1-34(28(37)17-36-25-14-23(31)24(32)15-27(25)41-18-29(36)38)26(16-35-8-10-40-11-9-35)21-6-2-4-19(12-21)20-5-3-7-22(13-20)30(33)39/h2-7,12-15,26H,8-11,16-18H2,1H3,(H2,33,39). The van der Waals surface area contributed by atoms with Crippen molar-refractivity contribution >= 4 is 46.6 Å². The van der Waals surface area contributed by atoms with E-state index in [-0.39, 0.29) is 36.0 Å². The lowest BCUT2D eigenvalue weighted by Crippen LogP contribution is -2.48. The summed E-state index contributed by atoms with van der Waals surface area (Å²) in [4.78, 5) is 43.7. The molecule has 0 spiro atoms. The molecular weight excluding hydrogens is 567 g/mol. The second-order valence-corrected chi connectivity index (χ2v) is 10.8. The summed E-state index contributed by atoms with van der Waals surface area (Å²) in [5, 5.41) is 0.562. The van der Waals surface area contributed by atoms with Gasteiger partial charge < -0.3 is 20.1 Å². The van der Waals surface area contributed by atoms with Crippen LogP contribution in [0.3, 0.4) is 0 Å². The van der Waals surface area contributed by atoms with Crippen molar-refractivity contribution in [3.8, 4) is 16.9 Å². The molecular formula is C30H30Cl2N4O5. The number of primary amides is 1. The van der Waals surface area contributed by atoms with Crippen LogP contribution in [0.5, 0.6) is 5.75 Å². The van der Waals surface area contributed by atoms with E-state index in [4.69, 9.17) is 38.4 Å². The summed E-state index contributed by atoms with van der Waals surface area (Å²) in [6.45, 7) is 2.90. The predicted octanol–water partition coefficient (Wildman–Crippen LogP) is 4.02. The zero-order valence-corrected chi connectivity index (χ0v) is 24.0. The Labute approximate surface area is 248 Å². The summed E-state index contributed by atoms with van der Waals surface area (Å²) < 4.78 is 11.1. The molecule has 0 bridgehead atoms. The van der Waals surface area contributed by atoms with Crippen molar-refractivity contribution in [2.75, 3.05) is 57.9 Å². The molecule has 1 saturated heterocycles. The zero-order valence-electron chi connectivity index (χ0n) is 22.5. The Morgan fingerprint density at radius 1 is 1.00 bits per heavy atom. The van der Waals surface area contributed by atoms with Gasteiger partial charge in [-0.1, -0.05) is 53.5 Å². The monoisotopic (exact) mass is 596 g/mol. The highest BCUT2D eigenvalue weighted by Crippen LogP contribution is 2.39. The fourth-order valence-electron chi connectivity index (χ4n) is 5.05. The van der Waals surface area contributed by atoms with E-state index in [1.54, 1.807) is 42.3 Å². The molecule has 5 rings (SSSR count). The first kappa shape index (κ1) is 28.9. The van der Waals surface area contributed by atoms with E-state index in [1.807, 2.05) is 30.3 Å². The van der Waals surface area contributed by atoms with E-state index in [0.29, 0.717) is 41.8 Å². The molecule has 1 atom stereocenters. The summed E-state index contributed by atoms with van der Waals surface area (Å²) in [5.74, 6) is -0.707. The molecule has 2 N–H and O–H groups in total. The van der Waals surface area contributed by atoms with Crippen molar-refractivity contribution in [1.29, 1.82) is 0 Å².